The fraction of sp³-hybridized carbons (Fsp3) is 1.00. The van der Waals surface area contributed by atoms with Gasteiger partial charge in [-0.05, 0) is 19.8 Å². The maximum atomic E-state index is 5.55. The van der Waals surface area contributed by atoms with Crippen molar-refractivity contribution in [2.75, 3.05) is 13.2 Å². The van der Waals surface area contributed by atoms with Crippen LogP contribution in [0.15, 0.2) is 0 Å². The van der Waals surface area contributed by atoms with E-state index in [9.17, 15) is 0 Å². The highest BCUT2D eigenvalue weighted by Gasteiger charge is 2.36. The van der Waals surface area contributed by atoms with Crippen molar-refractivity contribution in [2.24, 2.45) is 5.41 Å². The Balaban J connectivity index is 1.92. The summed E-state index contributed by atoms with van der Waals surface area (Å²) in [5.41, 5.74) is 0.394. The van der Waals surface area contributed by atoms with Crippen LogP contribution in [0, 0.1) is 5.41 Å². The molecule has 2 rings (SSSR count). The Bertz CT molecular complexity index is 140. The van der Waals surface area contributed by atoms with E-state index in [1.54, 1.807) is 0 Å². The van der Waals surface area contributed by atoms with Gasteiger partial charge < -0.3 is 9.47 Å². The third kappa shape index (κ3) is 1.64. The molecular formula is C10H18O2. The molecule has 0 atom stereocenters. The van der Waals surface area contributed by atoms with Crippen LogP contribution in [-0.4, -0.2) is 19.5 Å². The second-order valence-corrected chi connectivity index (χ2v) is 4.25. The quantitative estimate of drug-likeness (QED) is 0.555. The SMILES string of the molecule is CC1OCC2(CCCCC2)CO1. The molecule has 1 spiro atoms. The fourth-order valence-corrected chi connectivity index (χ4v) is 2.27. The van der Waals surface area contributed by atoms with Gasteiger partial charge in [0.15, 0.2) is 6.29 Å². The molecule has 2 nitrogen and oxygen atoms in total. The van der Waals surface area contributed by atoms with E-state index in [2.05, 4.69) is 0 Å². The summed E-state index contributed by atoms with van der Waals surface area (Å²) in [6, 6.07) is 0. The van der Waals surface area contributed by atoms with Crippen molar-refractivity contribution in [3.05, 3.63) is 0 Å². The molecule has 0 N–H and O–H groups in total. The lowest BCUT2D eigenvalue weighted by molar-refractivity contribution is -0.227. The second kappa shape index (κ2) is 3.35. The summed E-state index contributed by atoms with van der Waals surface area (Å²) < 4.78 is 11.1. The Morgan fingerprint density at radius 2 is 1.58 bits per heavy atom. The van der Waals surface area contributed by atoms with Gasteiger partial charge in [0.2, 0.25) is 0 Å². The fourth-order valence-electron chi connectivity index (χ4n) is 2.27. The first kappa shape index (κ1) is 8.52. The minimum Gasteiger partial charge on any atom is -0.352 e. The average molecular weight is 170 g/mol. The Labute approximate surface area is 74.2 Å². The Morgan fingerprint density at radius 3 is 2.17 bits per heavy atom. The largest absolute Gasteiger partial charge is 0.352 e. The van der Waals surface area contributed by atoms with Crippen molar-refractivity contribution < 1.29 is 9.47 Å². The second-order valence-electron chi connectivity index (χ2n) is 4.25. The molecule has 1 aliphatic carbocycles. The van der Waals surface area contributed by atoms with E-state index >= 15 is 0 Å². The Hall–Kier alpha value is -0.0800. The number of ether oxygens (including phenoxy) is 2. The predicted octanol–water partition coefficient (Wildman–Crippen LogP) is 2.33. The lowest BCUT2D eigenvalue weighted by Crippen LogP contribution is -2.42. The van der Waals surface area contributed by atoms with Gasteiger partial charge in [0.1, 0.15) is 0 Å². The van der Waals surface area contributed by atoms with Gasteiger partial charge in [-0.1, -0.05) is 19.3 Å². The summed E-state index contributed by atoms with van der Waals surface area (Å²) in [6.45, 7) is 3.83. The van der Waals surface area contributed by atoms with Crippen LogP contribution in [0.5, 0.6) is 0 Å². The van der Waals surface area contributed by atoms with Gasteiger partial charge in [0.25, 0.3) is 0 Å². The maximum absolute atomic E-state index is 5.55. The molecule has 70 valence electrons. The van der Waals surface area contributed by atoms with E-state index in [1.165, 1.54) is 32.1 Å². The maximum Gasteiger partial charge on any atom is 0.154 e. The molecule has 0 unspecified atom stereocenters. The molecule has 2 fully saturated rings. The molecule has 0 aromatic heterocycles. The minimum absolute atomic E-state index is 0.0255. The topological polar surface area (TPSA) is 18.5 Å². The van der Waals surface area contributed by atoms with E-state index < -0.39 is 0 Å². The molecule has 1 heterocycles. The van der Waals surface area contributed by atoms with Crippen LogP contribution in [0.2, 0.25) is 0 Å². The Morgan fingerprint density at radius 1 is 1.00 bits per heavy atom. The van der Waals surface area contributed by atoms with Gasteiger partial charge >= 0.3 is 0 Å². The molecular weight excluding hydrogens is 152 g/mol. The highest BCUT2D eigenvalue weighted by atomic mass is 16.7. The molecule has 2 heteroatoms. The van der Waals surface area contributed by atoms with Crippen molar-refractivity contribution in [3.63, 3.8) is 0 Å². The van der Waals surface area contributed by atoms with Crippen molar-refractivity contribution >= 4 is 0 Å². The zero-order chi connectivity index (χ0) is 8.44. The Kier molecular flexibility index (Phi) is 2.37. The van der Waals surface area contributed by atoms with Crippen molar-refractivity contribution in [1.29, 1.82) is 0 Å². The average Bonchev–Trinajstić information content (AvgIpc) is 2.13. The first-order valence-electron chi connectivity index (χ1n) is 5.04. The molecule has 0 radical (unpaired) electrons. The van der Waals surface area contributed by atoms with Crippen molar-refractivity contribution in [1.82, 2.24) is 0 Å². The van der Waals surface area contributed by atoms with Crippen molar-refractivity contribution in [3.8, 4) is 0 Å². The molecule has 1 saturated heterocycles. The van der Waals surface area contributed by atoms with Crippen LogP contribution >= 0.6 is 0 Å². The standard InChI is InChI=1S/C10H18O2/c1-9-11-7-10(8-12-9)5-3-2-4-6-10/h9H,2-8H2,1H3. The zero-order valence-electron chi connectivity index (χ0n) is 7.84. The van der Waals surface area contributed by atoms with Crippen LogP contribution in [0.4, 0.5) is 0 Å². The third-order valence-electron chi connectivity index (χ3n) is 3.16. The molecule has 1 aliphatic heterocycles. The summed E-state index contributed by atoms with van der Waals surface area (Å²) in [5, 5.41) is 0. The predicted molar refractivity (Wildman–Crippen MR) is 46.9 cm³/mol. The summed E-state index contributed by atoms with van der Waals surface area (Å²) >= 11 is 0. The van der Waals surface area contributed by atoms with Gasteiger partial charge in [0.05, 0.1) is 13.2 Å². The lowest BCUT2D eigenvalue weighted by atomic mass is 9.75. The third-order valence-corrected chi connectivity index (χ3v) is 3.16. The van der Waals surface area contributed by atoms with Crippen LogP contribution in [0.25, 0.3) is 0 Å². The number of rotatable bonds is 0. The highest BCUT2D eigenvalue weighted by molar-refractivity contribution is 4.84. The van der Waals surface area contributed by atoms with Crippen LogP contribution in [-0.2, 0) is 9.47 Å². The molecule has 0 bridgehead atoms. The van der Waals surface area contributed by atoms with E-state index in [0.717, 1.165) is 13.2 Å². The summed E-state index contributed by atoms with van der Waals surface area (Å²) in [5.74, 6) is 0. The molecule has 2 aliphatic rings. The summed E-state index contributed by atoms with van der Waals surface area (Å²) in [7, 11) is 0. The van der Waals surface area contributed by atoms with Gasteiger partial charge in [-0.15, -0.1) is 0 Å². The van der Waals surface area contributed by atoms with E-state index in [4.69, 9.17) is 9.47 Å². The number of hydrogen-bond acceptors (Lipinski definition) is 2. The highest BCUT2D eigenvalue weighted by Crippen LogP contribution is 2.39. The smallest absolute Gasteiger partial charge is 0.154 e. The molecule has 1 saturated carbocycles. The number of hydrogen-bond donors (Lipinski definition) is 0. The van der Waals surface area contributed by atoms with Crippen LogP contribution < -0.4 is 0 Å². The molecule has 0 aromatic rings. The van der Waals surface area contributed by atoms with Crippen LogP contribution in [0.1, 0.15) is 39.0 Å². The molecule has 12 heavy (non-hydrogen) atoms. The van der Waals surface area contributed by atoms with E-state index in [-0.39, 0.29) is 6.29 Å². The van der Waals surface area contributed by atoms with Gasteiger partial charge in [0, 0.05) is 5.41 Å². The first-order valence-corrected chi connectivity index (χ1v) is 5.04. The summed E-state index contributed by atoms with van der Waals surface area (Å²) in [4.78, 5) is 0. The van der Waals surface area contributed by atoms with E-state index in [0.29, 0.717) is 5.41 Å². The van der Waals surface area contributed by atoms with Crippen LogP contribution in [0.3, 0.4) is 0 Å². The van der Waals surface area contributed by atoms with Crippen molar-refractivity contribution in [2.45, 2.75) is 45.3 Å². The van der Waals surface area contributed by atoms with Gasteiger partial charge in [-0.25, -0.2) is 0 Å². The normalized spacial score (nSPS) is 30.8. The van der Waals surface area contributed by atoms with Gasteiger partial charge in [-0.2, -0.15) is 0 Å². The first-order chi connectivity index (χ1) is 5.81. The monoisotopic (exact) mass is 170 g/mol. The van der Waals surface area contributed by atoms with Gasteiger partial charge in [-0.3, -0.25) is 0 Å². The zero-order valence-corrected chi connectivity index (χ0v) is 7.84. The molecule has 0 amide bonds. The minimum atomic E-state index is 0.0255. The summed E-state index contributed by atoms with van der Waals surface area (Å²) in [6.07, 6.45) is 6.76. The van der Waals surface area contributed by atoms with E-state index in [1.807, 2.05) is 6.92 Å². The lowest BCUT2D eigenvalue weighted by Gasteiger charge is -2.41. The molecule has 0 aromatic carbocycles.